The lowest BCUT2D eigenvalue weighted by molar-refractivity contribution is -0.385. The van der Waals surface area contributed by atoms with Crippen LogP contribution < -0.4 is 11.2 Å². The molecule has 27 heavy (non-hydrogen) atoms. The second kappa shape index (κ2) is 6.05. The van der Waals surface area contributed by atoms with Gasteiger partial charge in [-0.1, -0.05) is 0 Å². The fourth-order valence-electron chi connectivity index (χ4n) is 2.59. The van der Waals surface area contributed by atoms with Crippen molar-refractivity contribution in [2.45, 2.75) is 0 Å². The number of hydrogen-bond donors (Lipinski definition) is 3. The zero-order valence-corrected chi connectivity index (χ0v) is 13.1. The molecule has 3 aromatic rings. The first-order valence-electron chi connectivity index (χ1n) is 7.16. The van der Waals surface area contributed by atoms with Crippen LogP contribution in [0.5, 0.6) is 5.75 Å². The maximum absolute atomic E-state index is 14.3. The summed E-state index contributed by atoms with van der Waals surface area (Å²) in [6.45, 7) is 0. The second-order valence-electron chi connectivity index (χ2n) is 5.49. The number of pyridine rings is 1. The minimum Gasteiger partial charge on any atom is -0.502 e. The van der Waals surface area contributed by atoms with Gasteiger partial charge in [0.1, 0.15) is 17.2 Å². The Morgan fingerprint density at radius 3 is 2.44 bits per heavy atom. The van der Waals surface area contributed by atoms with Crippen molar-refractivity contribution in [1.82, 2.24) is 4.57 Å². The molecule has 0 spiro atoms. The predicted octanol–water partition coefficient (Wildman–Crippen LogP) is 2.16. The molecule has 9 nitrogen and oxygen atoms in total. The van der Waals surface area contributed by atoms with E-state index in [1.165, 1.54) is 0 Å². The first-order chi connectivity index (χ1) is 12.6. The lowest BCUT2D eigenvalue weighted by atomic mass is 10.1. The predicted molar refractivity (Wildman–Crippen MR) is 89.2 cm³/mol. The van der Waals surface area contributed by atoms with E-state index < -0.39 is 61.7 Å². The Labute approximate surface area is 147 Å². The van der Waals surface area contributed by atoms with Gasteiger partial charge in [-0.3, -0.25) is 14.9 Å². The normalized spacial score (nSPS) is 10.9. The van der Waals surface area contributed by atoms with Crippen molar-refractivity contribution in [2.24, 2.45) is 0 Å². The average Bonchev–Trinajstić information content (AvgIpc) is 2.58. The third kappa shape index (κ3) is 2.80. The number of hydrogen-bond acceptors (Lipinski definition) is 6. The van der Waals surface area contributed by atoms with Gasteiger partial charge in [0.15, 0.2) is 5.75 Å². The summed E-state index contributed by atoms with van der Waals surface area (Å²) in [4.78, 5) is 33.8. The molecular weight excluding hydrogens is 368 g/mol. The Morgan fingerprint density at radius 2 is 1.85 bits per heavy atom. The Kier molecular flexibility index (Phi) is 3.99. The highest BCUT2D eigenvalue weighted by Crippen LogP contribution is 2.32. The van der Waals surface area contributed by atoms with E-state index in [-0.39, 0.29) is 5.52 Å². The van der Waals surface area contributed by atoms with E-state index in [0.717, 1.165) is 22.9 Å². The molecule has 0 amide bonds. The van der Waals surface area contributed by atoms with Crippen molar-refractivity contribution in [1.29, 1.82) is 0 Å². The monoisotopic (exact) mass is 377 g/mol. The number of nitrogens with two attached hydrogens (primary N) is 1. The van der Waals surface area contributed by atoms with E-state index >= 15 is 0 Å². The number of fused-ring (bicyclic) bond motifs is 1. The van der Waals surface area contributed by atoms with Gasteiger partial charge >= 0.3 is 11.7 Å². The van der Waals surface area contributed by atoms with Gasteiger partial charge in [0, 0.05) is 24.4 Å². The van der Waals surface area contributed by atoms with Crippen LogP contribution in [0.15, 0.2) is 35.3 Å². The number of nitro benzene ring substituents is 1. The van der Waals surface area contributed by atoms with Crippen LogP contribution in [0.2, 0.25) is 0 Å². The molecule has 0 saturated heterocycles. The summed E-state index contributed by atoms with van der Waals surface area (Å²) in [6, 6.07) is 2.80. The number of aromatic hydroxyl groups is 1. The highest BCUT2D eigenvalue weighted by Gasteiger charge is 2.23. The number of nitro groups is 1. The van der Waals surface area contributed by atoms with E-state index in [4.69, 9.17) is 5.73 Å². The molecule has 0 saturated carbocycles. The molecule has 0 fully saturated rings. The van der Waals surface area contributed by atoms with E-state index in [1.807, 2.05) is 0 Å². The molecule has 1 aromatic heterocycles. The number of carbonyl (C=O) groups is 1. The lowest BCUT2D eigenvalue weighted by Crippen LogP contribution is -2.19. The van der Waals surface area contributed by atoms with Crippen LogP contribution in [0.25, 0.3) is 16.6 Å². The summed E-state index contributed by atoms with van der Waals surface area (Å²) in [5, 5.41) is 29.6. The van der Waals surface area contributed by atoms with Gasteiger partial charge in [-0.05, 0) is 6.07 Å². The van der Waals surface area contributed by atoms with Crippen LogP contribution in [-0.4, -0.2) is 25.7 Å². The zero-order valence-electron chi connectivity index (χ0n) is 13.1. The van der Waals surface area contributed by atoms with Crippen molar-refractivity contribution in [2.75, 3.05) is 5.73 Å². The molecule has 0 aliphatic heterocycles. The van der Waals surface area contributed by atoms with Crippen LogP contribution in [0.4, 0.5) is 20.2 Å². The Hall–Kier alpha value is -4.02. The van der Waals surface area contributed by atoms with Crippen molar-refractivity contribution in [3.05, 3.63) is 68.0 Å². The maximum atomic E-state index is 14.3. The Bertz CT molecular complexity index is 1210. The minimum absolute atomic E-state index is 0.238. The summed E-state index contributed by atoms with van der Waals surface area (Å²) in [7, 11) is 0. The summed E-state index contributed by atoms with van der Waals surface area (Å²) in [5.74, 6) is -4.69. The molecule has 0 radical (unpaired) electrons. The standard InChI is InChI=1S/C16H9F2N3O6/c17-8-2-9(18)12(3-10(8)19)20-5-7(16(24)25)15(23)6-1-13(21(26)27)14(22)4-11(6)20/h1-5,22H,19H2,(H,24,25). The Morgan fingerprint density at radius 1 is 1.19 bits per heavy atom. The molecule has 0 bridgehead atoms. The average molecular weight is 377 g/mol. The molecule has 11 heteroatoms. The SMILES string of the molecule is Nc1cc(-n2cc(C(=O)O)c(=O)c3cc([N+](=O)[O-])c(O)cc32)c(F)cc1F. The molecule has 1 heterocycles. The van der Waals surface area contributed by atoms with Gasteiger partial charge in [0.25, 0.3) is 0 Å². The first kappa shape index (κ1) is 17.8. The quantitative estimate of drug-likeness (QED) is 0.360. The van der Waals surface area contributed by atoms with Crippen molar-refractivity contribution < 1.29 is 28.7 Å². The van der Waals surface area contributed by atoms with Gasteiger partial charge in [-0.25, -0.2) is 13.6 Å². The number of nitrogen functional groups attached to an aromatic ring is 1. The van der Waals surface area contributed by atoms with Crippen molar-refractivity contribution >= 4 is 28.2 Å². The number of aromatic nitrogens is 1. The van der Waals surface area contributed by atoms with E-state index in [2.05, 4.69) is 0 Å². The van der Waals surface area contributed by atoms with Gasteiger partial charge < -0.3 is 20.5 Å². The molecule has 2 aromatic carbocycles. The van der Waals surface area contributed by atoms with Crippen molar-refractivity contribution in [3.8, 4) is 11.4 Å². The number of aromatic carboxylic acids is 1. The van der Waals surface area contributed by atoms with Gasteiger partial charge in [-0.15, -0.1) is 0 Å². The maximum Gasteiger partial charge on any atom is 0.341 e. The fraction of sp³-hybridized carbons (Fsp3) is 0. The number of halogens is 2. The zero-order chi connectivity index (χ0) is 20.0. The van der Waals surface area contributed by atoms with Crippen LogP contribution in [-0.2, 0) is 0 Å². The smallest absolute Gasteiger partial charge is 0.341 e. The highest BCUT2D eigenvalue weighted by atomic mass is 19.1. The largest absolute Gasteiger partial charge is 0.502 e. The number of carboxylic acid groups (broad SMARTS) is 1. The third-order valence-corrected chi connectivity index (χ3v) is 3.85. The van der Waals surface area contributed by atoms with Crippen LogP contribution >= 0.6 is 0 Å². The van der Waals surface area contributed by atoms with Gasteiger partial charge in [-0.2, -0.15) is 0 Å². The number of phenols is 1. The van der Waals surface area contributed by atoms with Gasteiger partial charge in [0.05, 0.1) is 27.2 Å². The van der Waals surface area contributed by atoms with E-state index in [0.29, 0.717) is 12.1 Å². The number of benzene rings is 2. The number of carboxylic acids is 1. The molecule has 3 rings (SSSR count). The van der Waals surface area contributed by atoms with Crippen LogP contribution in [0, 0.1) is 21.7 Å². The summed E-state index contributed by atoms with van der Waals surface area (Å²) in [6.07, 6.45) is 0.758. The molecule has 0 atom stereocenters. The van der Waals surface area contributed by atoms with Crippen molar-refractivity contribution in [3.63, 3.8) is 0 Å². The minimum atomic E-state index is -1.66. The number of anilines is 1. The summed E-state index contributed by atoms with van der Waals surface area (Å²) >= 11 is 0. The molecule has 0 unspecified atom stereocenters. The lowest BCUT2D eigenvalue weighted by Gasteiger charge is -2.14. The van der Waals surface area contributed by atoms with Gasteiger partial charge in [0.2, 0.25) is 5.43 Å². The number of nitrogens with zero attached hydrogens (tertiary/aromatic N) is 2. The molecule has 4 N–H and O–H groups in total. The number of phenolic OH excluding ortho intramolecular Hbond substituents is 1. The van der Waals surface area contributed by atoms with E-state index in [9.17, 15) is 38.7 Å². The Balaban J connectivity index is 2.53. The number of rotatable bonds is 3. The molecule has 0 aliphatic carbocycles. The third-order valence-electron chi connectivity index (χ3n) is 3.85. The molecular formula is C16H9F2N3O6. The summed E-state index contributed by atoms with van der Waals surface area (Å²) < 4.78 is 28.5. The highest BCUT2D eigenvalue weighted by molar-refractivity contribution is 5.94. The molecule has 138 valence electrons. The van der Waals surface area contributed by atoms with Crippen LogP contribution in [0.1, 0.15) is 10.4 Å². The van der Waals surface area contributed by atoms with Crippen LogP contribution in [0.3, 0.4) is 0 Å². The molecule has 0 aliphatic rings. The first-order valence-corrected chi connectivity index (χ1v) is 7.16. The second-order valence-corrected chi connectivity index (χ2v) is 5.49. The topological polar surface area (TPSA) is 149 Å². The summed E-state index contributed by atoms with van der Waals surface area (Å²) in [5.41, 5.74) is 1.57. The van der Waals surface area contributed by atoms with E-state index in [1.54, 1.807) is 0 Å². The fourth-order valence-corrected chi connectivity index (χ4v) is 2.59.